The highest BCUT2D eigenvalue weighted by molar-refractivity contribution is 5.78. The number of aliphatic carboxylic acids is 1. The monoisotopic (exact) mass is 297 g/mol. The SMILES string of the molecule is CC1(C)CC(NC(=O)CC2(CC(=O)O)CCCC2)CCO1. The van der Waals surface area contributed by atoms with Gasteiger partial charge in [-0.3, -0.25) is 9.59 Å². The minimum Gasteiger partial charge on any atom is -0.481 e. The van der Waals surface area contributed by atoms with E-state index < -0.39 is 5.97 Å². The molecule has 1 aliphatic heterocycles. The molecular weight excluding hydrogens is 270 g/mol. The van der Waals surface area contributed by atoms with Gasteiger partial charge in [0.2, 0.25) is 5.91 Å². The summed E-state index contributed by atoms with van der Waals surface area (Å²) < 4.78 is 5.65. The van der Waals surface area contributed by atoms with Crippen LogP contribution >= 0.6 is 0 Å². The number of carboxylic acids is 1. The molecule has 1 saturated heterocycles. The van der Waals surface area contributed by atoms with Crippen LogP contribution < -0.4 is 5.32 Å². The van der Waals surface area contributed by atoms with Crippen LogP contribution in [-0.2, 0) is 14.3 Å². The molecule has 1 unspecified atom stereocenters. The van der Waals surface area contributed by atoms with Gasteiger partial charge in [-0.05, 0) is 44.9 Å². The van der Waals surface area contributed by atoms with Gasteiger partial charge in [0, 0.05) is 19.1 Å². The number of carboxylic acid groups (broad SMARTS) is 1. The van der Waals surface area contributed by atoms with Gasteiger partial charge in [-0.2, -0.15) is 0 Å². The Bertz CT molecular complexity index is 399. The minimum absolute atomic E-state index is 0.000787. The summed E-state index contributed by atoms with van der Waals surface area (Å²) in [6.45, 7) is 4.74. The third-order valence-electron chi connectivity index (χ3n) is 4.79. The molecule has 0 spiro atoms. The third kappa shape index (κ3) is 4.70. The van der Waals surface area contributed by atoms with E-state index in [-0.39, 0.29) is 29.4 Å². The zero-order valence-electron chi connectivity index (χ0n) is 13.1. The van der Waals surface area contributed by atoms with Gasteiger partial charge >= 0.3 is 5.97 Å². The molecule has 2 N–H and O–H groups in total. The number of nitrogens with one attached hydrogen (secondary N) is 1. The van der Waals surface area contributed by atoms with Crippen LogP contribution in [0, 0.1) is 5.41 Å². The Hall–Kier alpha value is -1.10. The summed E-state index contributed by atoms with van der Waals surface area (Å²) >= 11 is 0. The summed E-state index contributed by atoms with van der Waals surface area (Å²) in [5.74, 6) is -0.794. The second kappa shape index (κ2) is 6.34. The van der Waals surface area contributed by atoms with E-state index in [0.29, 0.717) is 13.0 Å². The lowest BCUT2D eigenvalue weighted by Crippen LogP contribution is -2.46. The summed E-state index contributed by atoms with van der Waals surface area (Å²) in [7, 11) is 0. The van der Waals surface area contributed by atoms with E-state index in [9.17, 15) is 9.59 Å². The molecule has 120 valence electrons. The molecule has 2 rings (SSSR count). The second-order valence-corrected chi connectivity index (χ2v) is 7.32. The standard InChI is InChI=1S/C16H27NO4/c1-15(2)9-12(5-8-21-15)17-13(18)10-16(11-14(19)20)6-3-4-7-16/h12H,3-11H2,1-2H3,(H,17,18)(H,19,20). The average Bonchev–Trinajstić information content (AvgIpc) is 2.74. The fourth-order valence-electron chi connectivity index (χ4n) is 3.84. The van der Waals surface area contributed by atoms with Crippen LogP contribution in [0.1, 0.15) is 65.2 Å². The van der Waals surface area contributed by atoms with Gasteiger partial charge in [-0.25, -0.2) is 0 Å². The molecule has 5 nitrogen and oxygen atoms in total. The molecule has 2 aliphatic rings. The highest BCUT2D eigenvalue weighted by atomic mass is 16.5. The summed E-state index contributed by atoms with van der Waals surface area (Å²) in [6.07, 6.45) is 5.87. The van der Waals surface area contributed by atoms with Crippen molar-refractivity contribution in [3.05, 3.63) is 0 Å². The molecule has 1 aliphatic carbocycles. The van der Waals surface area contributed by atoms with E-state index in [1.807, 2.05) is 13.8 Å². The smallest absolute Gasteiger partial charge is 0.303 e. The van der Waals surface area contributed by atoms with E-state index in [1.54, 1.807) is 0 Å². The molecule has 0 radical (unpaired) electrons. The van der Waals surface area contributed by atoms with Gasteiger partial charge in [-0.1, -0.05) is 12.8 Å². The topological polar surface area (TPSA) is 75.6 Å². The van der Waals surface area contributed by atoms with Crippen LogP contribution in [-0.4, -0.2) is 35.2 Å². The van der Waals surface area contributed by atoms with Gasteiger partial charge < -0.3 is 15.2 Å². The quantitative estimate of drug-likeness (QED) is 0.817. The van der Waals surface area contributed by atoms with E-state index in [4.69, 9.17) is 9.84 Å². The summed E-state index contributed by atoms with van der Waals surface area (Å²) in [5, 5.41) is 12.2. The minimum atomic E-state index is -0.795. The Labute approximate surface area is 126 Å². The lowest BCUT2D eigenvalue weighted by molar-refractivity contribution is -0.140. The lowest BCUT2D eigenvalue weighted by atomic mass is 9.79. The summed E-state index contributed by atoms with van der Waals surface area (Å²) in [5.41, 5.74) is -0.515. The average molecular weight is 297 g/mol. The van der Waals surface area contributed by atoms with Gasteiger partial charge in [-0.15, -0.1) is 0 Å². The first kappa shape index (κ1) is 16.3. The molecule has 2 fully saturated rings. The molecule has 0 aromatic rings. The van der Waals surface area contributed by atoms with Crippen molar-refractivity contribution >= 4 is 11.9 Å². The van der Waals surface area contributed by atoms with Crippen molar-refractivity contribution in [1.29, 1.82) is 0 Å². The number of carbonyl (C=O) groups is 2. The number of carbonyl (C=O) groups excluding carboxylic acids is 1. The molecule has 0 aromatic carbocycles. The Kier molecular flexibility index (Phi) is 4.91. The molecule has 21 heavy (non-hydrogen) atoms. The largest absolute Gasteiger partial charge is 0.481 e. The molecule has 0 bridgehead atoms. The van der Waals surface area contributed by atoms with Crippen LogP contribution in [0.4, 0.5) is 0 Å². The molecule has 1 atom stereocenters. The maximum absolute atomic E-state index is 12.3. The number of hydrogen-bond acceptors (Lipinski definition) is 3. The zero-order chi connectivity index (χ0) is 15.5. The van der Waals surface area contributed by atoms with Gasteiger partial charge in [0.05, 0.1) is 12.0 Å². The Morgan fingerprint density at radius 3 is 2.48 bits per heavy atom. The van der Waals surface area contributed by atoms with E-state index in [1.165, 1.54) is 0 Å². The van der Waals surface area contributed by atoms with Crippen LogP contribution in [0.3, 0.4) is 0 Å². The van der Waals surface area contributed by atoms with Crippen LogP contribution in [0.2, 0.25) is 0 Å². The van der Waals surface area contributed by atoms with Crippen LogP contribution in [0.25, 0.3) is 0 Å². The van der Waals surface area contributed by atoms with Crippen molar-refractivity contribution in [3.63, 3.8) is 0 Å². The molecule has 1 heterocycles. The Balaban J connectivity index is 1.89. The van der Waals surface area contributed by atoms with Crippen molar-refractivity contribution in [2.24, 2.45) is 5.41 Å². The zero-order valence-corrected chi connectivity index (χ0v) is 13.1. The fourth-order valence-corrected chi connectivity index (χ4v) is 3.84. The molecule has 1 amide bonds. The third-order valence-corrected chi connectivity index (χ3v) is 4.79. The number of ether oxygens (including phenoxy) is 1. The maximum Gasteiger partial charge on any atom is 0.303 e. The van der Waals surface area contributed by atoms with E-state index in [0.717, 1.165) is 38.5 Å². The van der Waals surface area contributed by atoms with Crippen LogP contribution in [0.5, 0.6) is 0 Å². The predicted octanol–water partition coefficient (Wildman–Crippen LogP) is 2.49. The molecule has 1 saturated carbocycles. The normalized spacial score (nSPS) is 27.2. The van der Waals surface area contributed by atoms with Crippen molar-refractivity contribution in [2.75, 3.05) is 6.61 Å². The highest BCUT2D eigenvalue weighted by Gasteiger charge is 2.39. The number of amides is 1. The van der Waals surface area contributed by atoms with Crippen molar-refractivity contribution in [1.82, 2.24) is 5.32 Å². The van der Waals surface area contributed by atoms with E-state index in [2.05, 4.69) is 5.32 Å². The summed E-state index contributed by atoms with van der Waals surface area (Å²) in [6, 6.07) is 0.143. The van der Waals surface area contributed by atoms with Gasteiger partial charge in [0.15, 0.2) is 0 Å². The van der Waals surface area contributed by atoms with Gasteiger partial charge in [0.25, 0.3) is 0 Å². The first-order valence-corrected chi connectivity index (χ1v) is 7.95. The molecule has 5 heteroatoms. The van der Waals surface area contributed by atoms with Crippen molar-refractivity contribution in [2.45, 2.75) is 76.9 Å². The molecular formula is C16H27NO4. The van der Waals surface area contributed by atoms with Gasteiger partial charge in [0.1, 0.15) is 0 Å². The number of hydrogen-bond donors (Lipinski definition) is 2. The second-order valence-electron chi connectivity index (χ2n) is 7.32. The number of rotatable bonds is 5. The Morgan fingerprint density at radius 1 is 1.24 bits per heavy atom. The molecule has 0 aromatic heterocycles. The Morgan fingerprint density at radius 2 is 1.90 bits per heavy atom. The predicted molar refractivity (Wildman–Crippen MR) is 79.0 cm³/mol. The lowest BCUT2D eigenvalue weighted by Gasteiger charge is -2.36. The highest BCUT2D eigenvalue weighted by Crippen LogP contribution is 2.44. The maximum atomic E-state index is 12.3. The van der Waals surface area contributed by atoms with Crippen molar-refractivity contribution < 1.29 is 19.4 Å². The first-order valence-electron chi connectivity index (χ1n) is 7.95. The van der Waals surface area contributed by atoms with Crippen LogP contribution in [0.15, 0.2) is 0 Å². The first-order chi connectivity index (χ1) is 9.80. The van der Waals surface area contributed by atoms with E-state index >= 15 is 0 Å². The summed E-state index contributed by atoms with van der Waals surface area (Å²) in [4.78, 5) is 23.4. The van der Waals surface area contributed by atoms with Crippen molar-refractivity contribution in [3.8, 4) is 0 Å². The fraction of sp³-hybridized carbons (Fsp3) is 0.875.